The number of ether oxygens (including phenoxy) is 1. The van der Waals surface area contributed by atoms with Crippen LogP contribution in [0.15, 0.2) is 0 Å². The van der Waals surface area contributed by atoms with Gasteiger partial charge in [-0.3, -0.25) is 9.59 Å². The summed E-state index contributed by atoms with van der Waals surface area (Å²) in [6, 6.07) is 0. The maximum Gasteiger partial charge on any atom is 0.318 e. The molecule has 0 aliphatic carbocycles. The van der Waals surface area contributed by atoms with Gasteiger partial charge in [0.25, 0.3) is 0 Å². The Kier molecular flexibility index (Phi) is 5.80. The van der Waals surface area contributed by atoms with E-state index in [2.05, 4.69) is 4.74 Å². The van der Waals surface area contributed by atoms with Gasteiger partial charge in [-0.05, 0) is 13.3 Å². The summed E-state index contributed by atoms with van der Waals surface area (Å²) >= 11 is 1.04. The van der Waals surface area contributed by atoms with E-state index >= 15 is 0 Å². The van der Waals surface area contributed by atoms with Crippen molar-refractivity contribution in [2.24, 2.45) is 0 Å². The first-order valence-corrected chi connectivity index (χ1v) is 4.77. The molecule has 0 aromatic rings. The highest BCUT2D eigenvalue weighted by atomic mass is 32.2. The van der Waals surface area contributed by atoms with Crippen molar-refractivity contribution in [2.45, 2.75) is 31.9 Å². The van der Waals surface area contributed by atoms with Crippen LogP contribution in [0.5, 0.6) is 0 Å². The summed E-state index contributed by atoms with van der Waals surface area (Å²) in [4.78, 5) is 21.9. The molecule has 0 saturated carbocycles. The van der Waals surface area contributed by atoms with Crippen molar-refractivity contribution in [3.05, 3.63) is 0 Å². The SMILES string of the molecule is CCCC(=O)SC(C)C(=O)OC. The van der Waals surface area contributed by atoms with Crippen LogP contribution in [0.4, 0.5) is 0 Å². The van der Waals surface area contributed by atoms with E-state index in [0.717, 1.165) is 18.2 Å². The third kappa shape index (κ3) is 4.38. The normalized spacial score (nSPS) is 12.2. The lowest BCUT2D eigenvalue weighted by molar-refractivity contribution is -0.139. The Labute approximate surface area is 76.9 Å². The monoisotopic (exact) mass is 190 g/mol. The van der Waals surface area contributed by atoms with E-state index in [9.17, 15) is 9.59 Å². The molecule has 0 rings (SSSR count). The first-order valence-electron chi connectivity index (χ1n) is 3.89. The Morgan fingerprint density at radius 2 is 2.08 bits per heavy atom. The van der Waals surface area contributed by atoms with Crippen LogP contribution in [0, 0.1) is 0 Å². The number of hydrogen-bond donors (Lipinski definition) is 0. The molecule has 4 heteroatoms. The first kappa shape index (κ1) is 11.5. The van der Waals surface area contributed by atoms with Crippen molar-refractivity contribution < 1.29 is 14.3 Å². The van der Waals surface area contributed by atoms with Gasteiger partial charge in [-0.25, -0.2) is 0 Å². The minimum atomic E-state index is -0.381. The standard InChI is InChI=1S/C8H14O3S/c1-4-5-7(9)12-6(2)8(10)11-3/h6H,4-5H2,1-3H3. The predicted molar refractivity (Wildman–Crippen MR) is 49.0 cm³/mol. The molecule has 0 heterocycles. The van der Waals surface area contributed by atoms with Crippen molar-refractivity contribution in [3.63, 3.8) is 0 Å². The average Bonchev–Trinajstić information content (AvgIpc) is 2.03. The molecule has 0 aromatic heterocycles. The molecule has 0 fully saturated rings. The Morgan fingerprint density at radius 1 is 1.50 bits per heavy atom. The van der Waals surface area contributed by atoms with E-state index in [1.165, 1.54) is 7.11 Å². The lowest BCUT2D eigenvalue weighted by atomic mass is 10.4. The van der Waals surface area contributed by atoms with Crippen LogP contribution in [0.2, 0.25) is 0 Å². The van der Waals surface area contributed by atoms with Crippen LogP contribution >= 0.6 is 11.8 Å². The highest BCUT2D eigenvalue weighted by Gasteiger charge is 2.17. The Bertz CT molecular complexity index is 168. The molecule has 12 heavy (non-hydrogen) atoms. The fourth-order valence-electron chi connectivity index (χ4n) is 0.674. The van der Waals surface area contributed by atoms with Gasteiger partial charge in [0.1, 0.15) is 5.25 Å². The largest absolute Gasteiger partial charge is 0.468 e. The summed E-state index contributed by atoms with van der Waals surface area (Å²) < 4.78 is 4.48. The summed E-state index contributed by atoms with van der Waals surface area (Å²) in [5.41, 5.74) is 0. The molecule has 1 atom stereocenters. The molecule has 0 aromatic carbocycles. The smallest absolute Gasteiger partial charge is 0.318 e. The van der Waals surface area contributed by atoms with Gasteiger partial charge in [-0.2, -0.15) is 0 Å². The van der Waals surface area contributed by atoms with Crippen molar-refractivity contribution in [3.8, 4) is 0 Å². The number of rotatable bonds is 4. The fraction of sp³-hybridized carbons (Fsp3) is 0.750. The number of hydrogen-bond acceptors (Lipinski definition) is 4. The second kappa shape index (κ2) is 6.06. The van der Waals surface area contributed by atoms with Crippen LogP contribution in [-0.4, -0.2) is 23.4 Å². The van der Waals surface area contributed by atoms with Gasteiger partial charge in [0.2, 0.25) is 0 Å². The first-order chi connectivity index (χ1) is 5.61. The topological polar surface area (TPSA) is 43.4 Å². The van der Waals surface area contributed by atoms with E-state index in [4.69, 9.17) is 0 Å². The van der Waals surface area contributed by atoms with Crippen molar-refractivity contribution >= 4 is 22.8 Å². The lowest BCUT2D eigenvalue weighted by Gasteiger charge is -2.06. The van der Waals surface area contributed by atoms with Crippen LogP contribution in [-0.2, 0) is 14.3 Å². The maximum absolute atomic E-state index is 11.0. The molecular formula is C8H14O3S. The van der Waals surface area contributed by atoms with Gasteiger partial charge in [-0.15, -0.1) is 0 Å². The summed E-state index contributed by atoms with van der Waals surface area (Å²) in [6.45, 7) is 3.60. The second-order valence-corrected chi connectivity index (χ2v) is 3.80. The molecular weight excluding hydrogens is 176 g/mol. The van der Waals surface area contributed by atoms with Gasteiger partial charge < -0.3 is 4.74 Å². The number of thioether (sulfide) groups is 1. The zero-order valence-corrected chi connectivity index (χ0v) is 8.44. The lowest BCUT2D eigenvalue weighted by Crippen LogP contribution is -2.16. The highest BCUT2D eigenvalue weighted by Crippen LogP contribution is 2.15. The molecule has 0 saturated heterocycles. The number of methoxy groups -OCH3 is 1. The van der Waals surface area contributed by atoms with Crippen molar-refractivity contribution in [1.29, 1.82) is 0 Å². The molecule has 0 radical (unpaired) electrons. The number of carbonyl (C=O) groups excluding carboxylic acids is 2. The molecule has 0 N–H and O–H groups in total. The molecule has 70 valence electrons. The summed E-state index contributed by atoms with van der Waals surface area (Å²) in [5, 5.41) is -0.329. The van der Waals surface area contributed by atoms with Crippen LogP contribution < -0.4 is 0 Å². The van der Waals surface area contributed by atoms with Crippen molar-refractivity contribution in [2.75, 3.05) is 7.11 Å². The number of esters is 1. The Morgan fingerprint density at radius 3 is 2.50 bits per heavy atom. The molecule has 3 nitrogen and oxygen atoms in total. The summed E-state index contributed by atoms with van der Waals surface area (Å²) in [5.74, 6) is -0.343. The minimum absolute atomic E-state index is 0.0513. The summed E-state index contributed by atoms with van der Waals surface area (Å²) in [6.07, 6.45) is 1.34. The third-order valence-corrected chi connectivity index (χ3v) is 2.31. The van der Waals surface area contributed by atoms with Gasteiger partial charge in [-0.1, -0.05) is 18.7 Å². The quantitative estimate of drug-likeness (QED) is 0.632. The average molecular weight is 190 g/mol. The van der Waals surface area contributed by atoms with Gasteiger partial charge in [0.05, 0.1) is 7.11 Å². The van der Waals surface area contributed by atoms with E-state index < -0.39 is 0 Å². The van der Waals surface area contributed by atoms with E-state index in [1.54, 1.807) is 6.92 Å². The zero-order chi connectivity index (χ0) is 9.56. The summed E-state index contributed by atoms with van der Waals surface area (Å²) in [7, 11) is 1.32. The second-order valence-electron chi connectivity index (χ2n) is 2.41. The Balaban J connectivity index is 3.75. The molecule has 0 spiro atoms. The minimum Gasteiger partial charge on any atom is -0.468 e. The van der Waals surface area contributed by atoms with Gasteiger partial charge in [0.15, 0.2) is 5.12 Å². The van der Waals surface area contributed by atoms with Gasteiger partial charge >= 0.3 is 5.97 Å². The fourth-order valence-corrected chi connectivity index (χ4v) is 1.58. The molecule has 0 amide bonds. The molecule has 1 unspecified atom stereocenters. The van der Waals surface area contributed by atoms with Crippen LogP contribution in [0.25, 0.3) is 0 Å². The Hall–Kier alpha value is -0.510. The third-order valence-electron chi connectivity index (χ3n) is 1.30. The zero-order valence-electron chi connectivity index (χ0n) is 7.62. The number of carbonyl (C=O) groups is 2. The molecule has 0 aliphatic heterocycles. The van der Waals surface area contributed by atoms with Crippen molar-refractivity contribution in [1.82, 2.24) is 0 Å². The molecule has 0 bridgehead atoms. The maximum atomic E-state index is 11.0. The predicted octanol–water partition coefficient (Wildman–Crippen LogP) is 1.61. The van der Waals surface area contributed by atoms with E-state index in [0.29, 0.717) is 6.42 Å². The highest BCUT2D eigenvalue weighted by molar-refractivity contribution is 8.14. The van der Waals surface area contributed by atoms with E-state index in [1.807, 2.05) is 6.92 Å². The molecule has 0 aliphatic rings. The van der Waals surface area contributed by atoms with Crippen LogP contribution in [0.1, 0.15) is 26.7 Å². The van der Waals surface area contributed by atoms with Gasteiger partial charge in [0, 0.05) is 6.42 Å². The van der Waals surface area contributed by atoms with E-state index in [-0.39, 0.29) is 16.3 Å². The van der Waals surface area contributed by atoms with Crippen LogP contribution in [0.3, 0.4) is 0 Å².